The van der Waals surface area contributed by atoms with Crippen molar-refractivity contribution >= 4 is 22.6 Å². The number of nitrogens with zero attached hydrogens (tertiary/aromatic N) is 2. The number of ketones is 1. The highest BCUT2D eigenvalue weighted by molar-refractivity contribution is 5.94. The molecule has 3 aromatic rings. The minimum atomic E-state index is -0.615. The molecule has 1 N–H and O–H groups in total. The van der Waals surface area contributed by atoms with Crippen LogP contribution in [0.15, 0.2) is 58.1 Å². The first-order valence-corrected chi connectivity index (χ1v) is 9.11. The highest BCUT2D eigenvalue weighted by Gasteiger charge is 2.24. The molecule has 7 heteroatoms. The third kappa shape index (κ3) is 3.26. The number of rotatable bonds is 5. The van der Waals surface area contributed by atoms with Crippen molar-refractivity contribution in [2.24, 2.45) is 0 Å². The second-order valence-corrected chi connectivity index (χ2v) is 6.97. The molecule has 1 amide bonds. The smallest absolute Gasteiger partial charge is 0.336 e. The summed E-state index contributed by atoms with van der Waals surface area (Å²) >= 11 is 0. The van der Waals surface area contributed by atoms with Crippen LogP contribution in [-0.4, -0.2) is 26.9 Å². The van der Waals surface area contributed by atoms with Crippen LogP contribution in [0.3, 0.4) is 0 Å². The Bertz CT molecular complexity index is 1220. The summed E-state index contributed by atoms with van der Waals surface area (Å²) in [4.78, 5) is 50.2. The first-order chi connectivity index (χ1) is 13.5. The molecule has 0 aliphatic heterocycles. The Kier molecular flexibility index (Phi) is 4.43. The van der Waals surface area contributed by atoms with E-state index >= 15 is 0 Å². The first-order valence-electron chi connectivity index (χ1n) is 9.11. The van der Waals surface area contributed by atoms with Gasteiger partial charge in [-0.05, 0) is 44.0 Å². The minimum Gasteiger partial charge on any atom is -0.352 e. The second-order valence-electron chi connectivity index (χ2n) is 6.97. The van der Waals surface area contributed by atoms with E-state index in [1.807, 2.05) is 0 Å². The van der Waals surface area contributed by atoms with Crippen LogP contribution in [0, 0.1) is 0 Å². The van der Waals surface area contributed by atoms with Gasteiger partial charge in [-0.2, -0.15) is 0 Å². The number of amides is 1. The molecule has 4 rings (SSSR count). The second kappa shape index (κ2) is 6.92. The van der Waals surface area contributed by atoms with Gasteiger partial charge in [0.1, 0.15) is 6.54 Å². The van der Waals surface area contributed by atoms with Crippen molar-refractivity contribution in [3.05, 3.63) is 74.9 Å². The predicted molar refractivity (Wildman–Crippen MR) is 105 cm³/mol. The van der Waals surface area contributed by atoms with Crippen LogP contribution in [0.4, 0.5) is 0 Å². The highest BCUT2D eigenvalue weighted by atomic mass is 16.2. The molecule has 0 unspecified atom stereocenters. The van der Waals surface area contributed by atoms with Gasteiger partial charge in [0.2, 0.25) is 5.91 Å². The van der Waals surface area contributed by atoms with Crippen LogP contribution in [0.1, 0.15) is 30.1 Å². The van der Waals surface area contributed by atoms with Crippen LogP contribution in [0.25, 0.3) is 16.6 Å². The molecule has 142 valence electrons. The van der Waals surface area contributed by atoms with E-state index in [1.165, 1.54) is 17.6 Å². The van der Waals surface area contributed by atoms with E-state index in [-0.39, 0.29) is 24.3 Å². The summed E-state index contributed by atoms with van der Waals surface area (Å²) in [5.41, 5.74) is -0.00212. The molecule has 1 aromatic heterocycles. The molecule has 0 bridgehead atoms. The third-order valence-corrected chi connectivity index (χ3v) is 4.81. The fraction of sp³-hybridized carbons (Fsp3) is 0.238. The van der Waals surface area contributed by atoms with Crippen molar-refractivity contribution in [2.75, 3.05) is 0 Å². The van der Waals surface area contributed by atoms with Crippen LogP contribution in [-0.2, 0) is 11.3 Å². The molecule has 0 spiro atoms. The van der Waals surface area contributed by atoms with Crippen molar-refractivity contribution in [3.63, 3.8) is 0 Å². The van der Waals surface area contributed by atoms with Gasteiger partial charge in [-0.25, -0.2) is 9.36 Å². The topological polar surface area (TPSA) is 90.2 Å². The molecule has 1 saturated carbocycles. The van der Waals surface area contributed by atoms with Gasteiger partial charge >= 0.3 is 5.69 Å². The number of hydrogen-bond donors (Lipinski definition) is 1. The van der Waals surface area contributed by atoms with E-state index in [0.29, 0.717) is 22.2 Å². The lowest BCUT2D eigenvalue weighted by Gasteiger charge is -2.14. The Morgan fingerprint density at radius 1 is 1.07 bits per heavy atom. The van der Waals surface area contributed by atoms with Gasteiger partial charge in [-0.1, -0.05) is 24.3 Å². The lowest BCUT2D eigenvalue weighted by molar-refractivity contribution is -0.121. The fourth-order valence-corrected chi connectivity index (χ4v) is 3.21. The first kappa shape index (κ1) is 17.9. The van der Waals surface area contributed by atoms with Gasteiger partial charge in [0.15, 0.2) is 5.78 Å². The van der Waals surface area contributed by atoms with Gasteiger partial charge in [0.25, 0.3) is 5.56 Å². The number of nitrogens with one attached hydrogen (secondary N) is 1. The van der Waals surface area contributed by atoms with E-state index < -0.39 is 11.2 Å². The maximum Gasteiger partial charge on any atom is 0.336 e. The third-order valence-electron chi connectivity index (χ3n) is 4.81. The zero-order chi connectivity index (χ0) is 19.8. The Labute approximate surface area is 160 Å². The fourth-order valence-electron chi connectivity index (χ4n) is 3.21. The Morgan fingerprint density at radius 3 is 2.54 bits per heavy atom. The number of carbonyl (C=O) groups excluding carboxylic acids is 2. The SMILES string of the molecule is CC(=O)c1cccc(-n2c(=O)c3ccccc3n(CC(=O)NC3CC3)c2=O)c1. The number of para-hydroxylation sites is 1. The number of hydrogen-bond acceptors (Lipinski definition) is 4. The number of fused-ring (bicyclic) bond motifs is 1. The van der Waals surface area contributed by atoms with Crippen LogP contribution in [0.5, 0.6) is 0 Å². The monoisotopic (exact) mass is 377 g/mol. The molecule has 0 atom stereocenters. The van der Waals surface area contributed by atoms with Crippen LogP contribution < -0.4 is 16.6 Å². The van der Waals surface area contributed by atoms with Crippen molar-refractivity contribution in [1.82, 2.24) is 14.5 Å². The summed E-state index contributed by atoms with van der Waals surface area (Å²) in [5.74, 6) is -0.433. The zero-order valence-electron chi connectivity index (χ0n) is 15.3. The Balaban J connectivity index is 1.93. The highest BCUT2D eigenvalue weighted by Crippen LogP contribution is 2.18. The van der Waals surface area contributed by atoms with Gasteiger partial charge < -0.3 is 5.32 Å². The van der Waals surface area contributed by atoms with Crippen LogP contribution in [0.2, 0.25) is 0 Å². The van der Waals surface area contributed by atoms with E-state index in [9.17, 15) is 19.2 Å². The van der Waals surface area contributed by atoms with Crippen molar-refractivity contribution < 1.29 is 9.59 Å². The molecule has 1 aliphatic rings. The summed E-state index contributed by atoms with van der Waals surface area (Å²) < 4.78 is 2.31. The standard InChI is InChI=1S/C21H19N3O4/c1-13(25)14-5-4-6-16(11-14)24-20(27)17-7-2-3-8-18(17)23(21(24)28)12-19(26)22-15-9-10-15/h2-8,11,15H,9-10,12H2,1H3,(H,22,26). The minimum absolute atomic E-state index is 0.167. The molecule has 7 nitrogen and oxygen atoms in total. The normalized spacial score (nSPS) is 13.5. The number of carbonyl (C=O) groups is 2. The Morgan fingerprint density at radius 2 is 1.82 bits per heavy atom. The summed E-state index contributed by atoms with van der Waals surface area (Å²) in [6.07, 6.45) is 1.89. The van der Waals surface area contributed by atoms with Gasteiger partial charge in [-0.3, -0.25) is 19.0 Å². The summed E-state index contributed by atoms with van der Waals surface area (Å²) in [6.45, 7) is 1.24. The van der Waals surface area contributed by atoms with Gasteiger partial charge in [0, 0.05) is 11.6 Å². The Hall–Kier alpha value is -3.48. The molecule has 2 aromatic carbocycles. The lowest BCUT2D eigenvalue weighted by Crippen LogP contribution is -2.42. The maximum atomic E-state index is 13.2. The van der Waals surface area contributed by atoms with E-state index in [0.717, 1.165) is 17.4 Å². The molecular formula is C21H19N3O4. The summed E-state index contributed by atoms with van der Waals surface area (Å²) in [5, 5.41) is 3.19. The summed E-state index contributed by atoms with van der Waals surface area (Å²) in [6, 6.07) is 13.2. The zero-order valence-corrected chi connectivity index (χ0v) is 15.3. The molecule has 1 fully saturated rings. The van der Waals surface area contributed by atoms with E-state index in [2.05, 4.69) is 5.32 Å². The molecule has 1 aliphatic carbocycles. The van der Waals surface area contributed by atoms with Crippen molar-refractivity contribution in [3.8, 4) is 5.69 Å². The summed E-state index contributed by atoms with van der Waals surface area (Å²) in [7, 11) is 0. The number of benzene rings is 2. The average Bonchev–Trinajstić information content (AvgIpc) is 3.49. The van der Waals surface area contributed by atoms with Crippen molar-refractivity contribution in [1.29, 1.82) is 0 Å². The average molecular weight is 377 g/mol. The molecule has 28 heavy (non-hydrogen) atoms. The maximum absolute atomic E-state index is 13.2. The predicted octanol–water partition coefficient (Wildman–Crippen LogP) is 1.63. The van der Waals surface area contributed by atoms with Crippen molar-refractivity contribution in [2.45, 2.75) is 32.4 Å². The molecule has 1 heterocycles. The molecule has 0 saturated heterocycles. The number of Topliss-reactive ketones (excluding diaryl/α,β-unsaturated/α-hetero) is 1. The van der Waals surface area contributed by atoms with E-state index in [1.54, 1.807) is 42.5 Å². The largest absolute Gasteiger partial charge is 0.352 e. The van der Waals surface area contributed by atoms with Crippen LogP contribution >= 0.6 is 0 Å². The van der Waals surface area contributed by atoms with E-state index in [4.69, 9.17) is 0 Å². The van der Waals surface area contributed by atoms with Gasteiger partial charge in [0.05, 0.1) is 16.6 Å². The van der Waals surface area contributed by atoms with Gasteiger partial charge in [-0.15, -0.1) is 0 Å². The molecule has 0 radical (unpaired) electrons. The number of aromatic nitrogens is 2. The lowest BCUT2D eigenvalue weighted by atomic mass is 10.1. The molecular weight excluding hydrogens is 358 g/mol. The quantitative estimate of drug-likeness (QED) is 0.685.